The van der Waals surface area contributed by atoms with Crippen LogP contribution in [-0.2, 0) is 11.4 Å². The lowest BCUT2D eigenvalue weighted by Crippen LogP contribution is -2.31. The largest absolute Gasteiger partial charge is 0.493 e. The van der Waals surface area contributed by atoms with Gasteiger partial charge in [0.15, 0.2) is 11.5 Å². The summed E-state index contributed by atoms with van der Waals surface area (Å²) in [4.78, 5) is 16.4. The minimum absolute atomic E-state index is 0.336. The lowest BCUT2D eigenvalue weighted by Gasteiger charge is -2.28. The quantitative estimate of drug-likeness (QED) is 0.628. The zero-order valence-corrected chi connectivity index (χ0v) is 17.2. The number of rotatable bonds is 6. The van der Waals surface area contributed by atoms with E-state index in [9.17, 15) is 4.79 Å². The van der Waals surface area contributed by atoms with Gasteiger partial charge in [-0.15, -0.1) is 0 Å². The monoisotopic (exact) mass is 425 g/mol. The summed E-state index contributed by atoms with van der Waals surface area (Å²) >= 11 is 6.03. The summed E-state index contributed by atoms with van der Waals surface area (Å²) in [5.41, 5.74) is 8.41. The molecule has 0 saturated heterocycles. The van der Waals surface area contributed by atoms with Crippen LogP contribution >= 0.6 is 11.6 Å². The summed E-state index contributed by atoms with van der Waals surface area (Å²) in [6, 6.07) is 12.4. The maximum absolute atomic E-state index is 12.2. The summed E-state index contributed by atoms with van der Waals surface area (Å²) in [5, 5.41) is 7.96. The fourth-order valence-electron chi connectivity index (χ4n) is 3.48. The first-order valence-corrected chi connectivity index (χ1v) is 9.58. The number of hydrogen-bond donors (Lipinski definition) is 2. The van der Waals surface area contributed by atoms with Crippen LogP contribution in [0.3, 0.4) is 0 Å². The third kappa shape index (κ3) is 3.69. The molecule has 1 aliphatic rings. The Morgan fingerprint density at radius 2 is 2.10 bits per heavy atom. The highest BCUT2D eigenvalue weighted by molar-refractivity contribution is 6.30. The molecule has 0 bridgehead atoms. The van der Waals surface area contributed by atoms with Crippen LogP contribution in [0.15, 0.2) is 60.1 Å². The zero-order chi connectivity index (χ0) is 21.3. The molecule has 1 unspecified atom stereocenters. The van der Waals surface area contributed by atoms with Gasteiger partial charge in [-0.05, 0) is 42.3 Å². The minimum atomic E-state index is -0.536. The molecule has 0 spiro atoms. The van der Waals surface area contributed by atoms with Gasteiger partial charge in [0.1, 0.15) is 19.0 Å². The van der Waals surface area contributed by atoms with Gasteiger partial charge in [-0.25, -0.2) is 4.68 Å². The van der Waals surface area contributed by atoms with Crippen LogP contribution in [0.4, 0.5) is 5.95 Å². The van der Waals surface area contributed by atoms with E-state index in [-0.39, 0.29) is 0 Å². The van der Waals surface area contributed by atoms with Crippen molar-refractivity contribution in [1.29, 1.82) is 0 Å². The fourth-order valence-corrected chi connectivity index (χ4v) is 3.69. The number of hydrogen-bond acceptors (Lipinski definition) is 6. The topological polar surface area (TPSA) is 104 Å². The number of aromatic nitrogens is 3. The molecule has 0 radical (unpaired) electrons. The Kier molecular flexibility index (Phi) is 5.33. The molecule has 154 valence electrons. The van der Waals surface area contributed by atoms with Crippen molar-refractivity contribution in [3.63, 3.8) is 0 Å². The molecule has 3 aromatic rings. The lowest BCUT2D eigenvalue weighted by molar-refractivity contribution is -0.115. The Morgan fingerprint density at radius 3 is 2.83 bits per heavy atom. The number of allylic oxidation sites excluding steroid dienone is 1. The fraction of sp³-hybridized carbons (Fsp3) is 0.190. The van der Waals surface area contributed by atoms with Crippen LogP contribution < -0.4 is 20.5 Å². The van der Waals surface area contributed by atoms with Gasteiger partial charge >= 0.3 is 0 Å². The predicted octanol–water partition coefficient (Wildman–Crippen LogP) is 3.29. The maximum atomic E-state index is 12.2. The van der Waals surface area contributed by atoms with E-state index in [1.54, 1.807) is 24.8 Å². The standard InChI is InChI=1S/C21H20ClN5O3/c1-12-18(20(23)28)19(27-21(26-12)24-11-25-27)14-6-7-16(17(9-14)29-2)30-10-13-4-3-5-15(22)8-13/h3-9,11,19H,10H2,1-2H3,(H2,23,28)(H,24,25,26). The van der Waals surface area contributed by atoms with Gasteiger partial charge in [-0.2, -0.15) is 10.1 Å². The molecule has 4 rings (SSSR count). The SMILES string of the molecule is COc1cc(C2C(C(N)=O)=C(C)Nc3ncnn32)ccc1OCc1cccc(Cl)c1. The van der Waals surface area contributed by atoms with Gasteiger partial charge in [0.2, 0.25) is 11.9 Å². The molecule has 0 fully saturated rings. The molecule has 3 N–H and O–H groups in total. The number of nitrogens with zero attached hydrogens (tertiary/aromatic N) is 3. The number of halogens is 1. The minimum Gasteiger partial charge on any atom is -0.493 e. The van der Waals surface area contributed by atoms with Gasteiger partial charge in [0, 0.05) is 10.7 Å². The Hall–Kier alpha value is -3.52. The first-order chi connectivity index (χ1) is 14.5. The van der Waals surface area contributed by atoms with Gasteiger partial charge in [0.05, 0.1) is 12.7 Å². The number of carbonyl (C=O) groups is 1. The van der Waals surface area contributed by atoms with E-state index in [0.717, 1.165) is 11.1 Å². The van der Waals surface area contributed by atoms with E-state index in [1.165, 1.54) is 6.33 Å². The van der Waals surface area contributed by atoms with Gasteiger partial charge in [-0.1, -0.05) is 29.8 Å². The Balaban J connectivity index is 1.68. The molecule has 2 heterocycles. The second kappa shape index (κ2) is 8.08. The third-order valence-corrected chi connectivity index (χ3v) is 5.08. The first kappa shape index (κ1) is 19.8. The van der Waals surface area contributed by atoms with Crippen LogP contribution in [0, 0.1) is 0 Å². The summed E-state index contributed by atoms with van der Waals surface area (Å²) in [6.07, 6.45) is 1.42. The van der Waals surface area contributed by atoms with Crippen molar-refractivity contribution in [3.8, 4) is 11.5 Å². The van der Waals surface area contributed by atoms with Crippen LogP contribution in [0.5, 0.6) is 11.5 Å². The number of amides is 1. The molecule has 0 saturated carbocycles. The van der Waals surface area contributed by atoms with Crippen molar-refractivity contribution in [3.05, 3.63) is 76.2 Å². The number of methoxy groups -OCH3 is 1. The van der Waals surface area contributed by atoms with E-state index in [2.05, 4.69) is 15.4 Å². The van der Waals surface area contributed by atoms with E-state index in [0.29, 0.717) is 40.3 Å². The van der Waals surface area contributed by atoms with Crippen LogP contribution in [-0.4, -0.2) is 27.8 Å². The first-order valence-electron chi connectivity index (χ1n) is 9.20. The van der Waals surface area contributed by atoms with Gasteiger partial charge in [0.25, 0.3) is 0 Å². The van der Waals surface area contributed by atoms with E-state index in [4.69, 9.17) is 26.8 Å². The highest BCUT2D eigenvalue weighted by Crippen LogP contribution is 2.38. The third-order valence-electron chi connectivity index (χ3n) is 4.85. The molecule has 1 amide bonds. The van der Waals surface area contributed by atoms with Crippen molar-refractivity contribution in [2.75, 3.05) is 12.4 Å². The number of anilines is 1. The maximum Gasteiger partial charge on any atom is 0.248 e. The molecule has 30 heavy (non-hydrogen) atoms. The predicted molar refractivity (Wildman–Crippen MR) is 112 cm³/mol. The van der Waals surface area contributed by atoms with Crippen LogP contribution in [0.1, 0.15) is 24.1 Å². The zero-order valence-electron chi connectivity index (χ0n) is 16.4. The Labute approximate surface area is 178 Å². The molecule has 8 nitrogen and oxygen atoms in total. The molecule has 1 aliphatic heterocycles. The van der Waals surface area contributed by atoms with Gasteiger partial charge < -0.3 is 20.5 Å². The molecular weight excluding hydrogens is 406 g/mol. The molecule has 1 atom stereocenters. The van der Waals surface area contributed by atoms with E-state index < -0.39 is 11.9 Å². The van der Waals surface area contributed by atoms with Crippen LogP contribution in [0.2, 0.25) is 5.02 Å². The molecule has 0 aliphatic carbocycles. The van der Waals surface area contributed by atoms with Crippen LogP contribution in [0.25, 0.3) is 0 Å². The normalized spacial score (nSPS) is 15.4. The number of carbonyl (C=O) groups excluding carboxylic acids is 1. The average molecular weight is 426 g/mol. The summed E-state index contributed by atoms with van der Waals surface area (Å²) in [6.45, 7) is 2.12. The molecule has 1 aromatic heterocycles. The summed E-state index contributed by atoms with van der Waals surface area (Å²) in [7, 11) is 1.56. The van der Waals surface area contributed by atoms with E-state index in [1.807, 2.05) is 36.4 Å². The molecule has 9 heteroatoms. The van der Waals surface area contributed by atoms with Crippen molar-refractivity contribution in [2.45, 2.75) is 19.6 Å². The lowest BCUT2D eigenvalue weighted by atomic mass is 9.95. The van der Waals surface area contributed by atoms with Crippen molar-refractivity contribution in [2.24, 2.45) is 5.73 Å². The number of fused-ring (bicyclic) bond motifs is 1. The van der Waals surface area contributed by atoms with E-state index >= 15 is 0 Å². The number of primary amides is 1. The summed E-state index contributed by atoms with van der Waals surface area (Å²) in [5.74, 6) is 1.08. The number of nitrogens with two attached hydrogens (primary N) is 1. The Morgan fingerprint density at radius 1 is 1.27 bits per heavy atom. The highest BCUT2D eigenvalue weighted by Gasteiger charge is 2.32. The Bertz CT molecular complexity index is 1140. The van der Waals surface area contributed by atoms with Crippen molar-refractivity contribution in [1.82, 2.24) is 14.8 Å². The van der Waals surface area contributed by atoms with Crippen molar-refractivity contribution < 1.29 is 14.3 Å². The highest BCUT2D eigenvalue weighted by atomic mass is 35.5. The second-order valence-corrected chi connectivity index (χ2v) is 7.22. The van der Waals surface area contributed by atoms with Gasteiger partial charge in [-0.3, -0.25) is 4.79 Å². The number of nitrogens with one attached hydrogen (secondary N) is 1. The average Bonchev–Trinajstić information content (AvgIpc) is 3.19. The second-order valence-electron chi connectivity index (χ2n) is 6.79. The number of ether oxygens (including phenoxy) is 2. The summed E-state index contributed by atoms with van der Waals surface area (Å²) < 4.78 is 13.1. The number of benzene rings is 2. The smallest absolute Gasteiger partial charge is 0.248 e. The molecule has 2 aromatic carbocycles. The molecular formula is C21H20ClN5O3. The van der Waals surface area contributed by atoms with Crippen molar-refractivity contribution >= 4 is 23.5 Å².